The van der Waals surface area contributed by atoms with Crippen LogP contribution in [0.5, 0.6) is 0 Å². The molecule has 1 aliphatic carbocycles. The summed E-state index contributed by atoms with van der Waals surface area (Å²) >= 11 is 12.1. The van der Waals surface area contributed by atoms with Gasteiger partial charge in [0.1, 0.15) is 0 Å². The number of hydrogen-bond acceptors (Lipinski definition) is 2. The Kier molecular flexibility index (Phi) is 4.09. The van der Waals surface area contributed by atoms with Crippen LogP contribution in [-0.4, -0.2) is 17.8 Å². The van der Waals surface area contributed by atoms with Crippen LogP contribution < -0.4 is 5.32 Å². The lowest BCUT2D eigenvalue weighted by Crippen LogP contribution is -2.35. The maximum absolute atomic E-state index is 9.15. The molecule has 0 unspecified atom stereocenters. The van der Waals surface area contributed by atoms with Gasteiger partial charge in [0, 0.05) is 22.2 Å². The monoisotopic (exact) mass is 259 g/mol. The molecule has 2 nitrogen and oxygen atoms in total. The molecular formula is C12H15Cl2NO. The second kappa shape index (κ2) is 5.37. The molecule has 2 N–H and O–H groups in total. The van der Waals surface area contributed by atoms with Crippen LogP contribution in [0.2, 0.25) is 10.0 Å². The maximum atomic E-state index is 9.15. The number of halogens is 2. The predicted molar refractivity (Wildman–Crippen MR) is 66.9 cm³/mol. The highest BCUT2D eigenvalue weighted by Crippen LogP contribution is 2.27. The van der Waals surface area contributed by atoms with Crippen molar-refractivity contribution in [2.24, 2.45) is 5.92 Å². The third-order valence-electron chi connectivity index (χ3n) is 3.01. The molecule has 0 saturated heterocycles. The highest BCUT2D eigenvalue weighted by Gasteiger charge is 2.26. The summed E-state index contributed by atoms with van der Waals surface area (Å²) in [7, 11) is 0. The quantitative estimate of drug-likeness (QED) is 0.872. The summed E-state index contributed by atoms with van der Waals surface area (Å²) in [6, 6.07) is 5.53. The minimum atomic E-state index is -0.0873. The summed E-state index contributed by atoms with van der Waals surface area (Å²) in [6.45, 7) is 1.60. The molecule has 2 rings (SSSR count). The van der Waals surface area contributed by atoms with Crippen LogP contribution in [-0.2, 0) is 6.54 Å². The zero-order valence-electron chi connectivity index (χ0n) is 8.92. The molecule has 0 aliphatic heterocycles. The van der Waals surface area contributed by atoms with E-state index in [0.29, 0.717) is 22.5 Å². The molecule has 0 atom stereocenters. The molecule has 1 aliphatic rings. The first-order valence-corrected chi connectivity index (χ1v) is 6.24. The molecule has 88 valence electrons. The van der Waals surface area contributed by atoms with E-state index in [4.69, 9.17) is 28.3 Å². The van der Waals surface area contributed by atoms with Crippen molar-refractivity contribution in [1.29, 1.82) is 0 Å². The third kappa shape index (κ3) is 2.89. The van der Waals surface area contributed by atoms with Crippen LogP contribution in [0.25, 0.3) is 0 Å². The Bertz CT molecular complexity index is 344. The van der Waals surface area contributed by atoms with Gasteiger partial charge in [-0.15, -0.1) is 0 Å². The van der Waals surface area contributed by atoms with Gasteiger partial charge in [-0.1, -0.05) is 29.3 Å². The Morgan fingerprint density at radius 1 is 1.25 bits per heavy atom. The van der Waals surface area contributed by atoms with Crippen LogP contribution in [0.15, 0.2) is 18.2 Å². The van der Waals surface area contributed by atoms with Crippen molar-refractivity contribution in [3.8, 4) is 0 Å². The summed E-state index contributed by atoms with van der Waals surface area (Å²) in [5, 5.41) is 13.9. The number of aliphatic hydroxyl groups excluding tert-OH is 1. The molecule has 0 radical (unpaired) electrons. The molecule has 0 heterocycles. The topological polar surface area (TPSA) is 32.3 Å². The fourth-order valence-electron chi connectivity index (χ4n) is 1.97. The minimum Gasteiger partial charge on any atom is -0.393 e. The van der Waals surface area contributed by atoms with Gasteiger partial charge >= 0.3 is 0 Å². The van der Waals surface area contributed by atoms with Crippen LogP contribution in [0.3, 0.4) is 0 Å². The summed E-state index contributed by atoms with van der Waals surface area (Å²) in [5.74, 6) is 0.594. The lowest BCUT2D eigenvalue weighted by Gasteiger charge is -2.31. The van der Waals surface area contributed by atoms with Crippen molar-refractivity contribution in [3.05, 3.63) is 33.8 Å². The van der Waals surface area contributed by atoms with Crippen molar-refractivity contribution in [2.45, 2.75) is 25.5 Å². The van der Waals surface area contributed by atoms with Gasteiger partial charge in [0.25, 0.3) is 0 Å². The molecule has 0 spiro atoms. The van der Waals surface area contributed by atoms with E-state index in [1.165, 1.54) is 0 Å². The van der Waals surface area contributed by atoms with Crippen molar-refractivity contribution in [2.75, 3.05) is 6.54 Å². The van der Waals surface area contributed by atoms with Gasteiger partial charge in [0.15, 0.2) is 0 Å². The molecule has 4 heteroatoms. The van der Waals surface area contributed by atoms with E-state index >= 15 is 0 Å². The second-order valence-electron chi connectivity index (χ2n) is 4.32. The Hall–Kier alpha value is -0.280. The molecule has 0 aromatic heterocycles. The molecule has 1 saturated carbocycles. The first-order valence-electron chi connectivity index (χ1n) is 5.48. The van der Waals surface area contributed by atoms with E-state index in [2.05, 4.69) is 5.32 Å². The van der Waals surface area contributed by atoms with Gasteiger partial charge in [0.05, 0.1) is 6.10 Å². The van der Waals surface area contributed by atoms with Crippen molar-refractivity contribution < 1.29 is 5.11 Å². The van der Waals surface area contributed by atoms with E-state index in [-0.39, 0.29) is 6.10 Å². The van der Waals surface area contributed by atoms with E-state index in [9.17, 15) is 0 Å². The van der Waals surface area contributed by atoms with Crippen molar-refractivity contribution >= 4 is 23.2 Å². The normalized spacial score (nSPS) is 24.2. The fraction of sp³-hybridized carbons (Fsp3) is 0.500. The van der Waals surface area contributed by atoms with Gasteiger partial charge in [-0.2, -0.15) is 0 Å². The molecule has 1 aromatic rings. The summed E-state index contributed by atoms with van der Waals surface area (Å²) < 4.78 is 0. The van der Waals surface area contributed by atoms with Gasteiger partial charge in [-0.05, 0) is 37.4 Å². The molecule has 1 aromatic carbocycles. The first kappa shape index (κ1) is 12.2. The maximum Gasteiger partial charge on any atom is 0.0546 e. The largest absolute Gasteiger partial charge is 0.393 e. The van der Waals surface area contributed by atoms with Crippen LogP contribution in [0.1, 0.15) is 18.4 Å². The standard InChI is InChI=1S/C12H15Cl2NO/c13-11-2-1-3-12(14)10(11)7-15-6-8-4-9(16)5-8/h1-3,8-9,15-16H,4-7H2. The summed E-state index contributed by atoms with van der Waals surface area (Å²) in [6.07, 6.45) is 1.72. The smallest absolute Gasteiger partial charge is 0.0546 e. The first-order chi connectivity index (χ1) is 7.66. The Morgan fingerprint density at radius 3 is 2.44 bits per heavy atom. The number of hydrogen-bond donors (Lipinski definition) is 2. The summed E-state index contributed by atoms with van der Waals surface area (Å²) in [5.41, 5.74) is 0.950. The fourth-order valence-corrected chi connectivity index (χ4v) is 2.50. The van der Waals surface area contributed by atoms with E-state index in [0.717, 1.165) is 24.9 Å². The SMILES string of the molecule is OC1CC(CNCc2c(Cl)cccc2Cl)C1. The number of nitrogens with one attached hydrogen (secondary N) is 1. The van der Waals surface area contributed by atoms with Gasteiger partial charge in [0.2, 0.25) is 0 Å². The lowest BCUT2D eigenvalue weighted by atomic mass is 9.82. The Balaban J connectivity index is 1.81. The van der Waals surface area contributed by atoms with Gasteiger partial charge < -0.3 is 10.4 Å². The Labute approximate surface area is 106 Å². The van der Waals surface area contributed by atoms with E-state index in [1.807, 2.05) is 18.2 Å². The van der Waals surface area contributed by atoms with Crippen LogP contribution in [0.4, 0.5) is 0 Å². The van der Waals surface area contributed by atoms with E-state index in [1.54, 1.807) is 0 Å². The molecule has 0 bridgehead atoms. The number of benzene rings is 1. The lowest BCUT2D eigenvalue weighted by molar-refractivity contribution is 0.0430. The number of aliphatic hydroxyl groups is 1. The van der Waals surface area contributed by atoms with Crippen molar-refractivity contribution in [1.82, 2.24) is 5.32 Å². The molecule has 1 fully saturated rings. The van der Waals surface area contributed by atoms with Gasteiger partial charge in [-0.25, -0.2) is 0 Å². The summed E-state index contributed by atoms with van der Waals surface area (Å²) in [4.78, 5) is 0. The molecule has 0 amide bonds. The highest BCUT2D eigenvalue weighted by atomic mass is 35.5. The highest BCUT2D eigenvalue weighted by molar-refractivity contribution is 6.35. The second-order valence-corrected chi connectivity index (χ2v) is 5.14. The minimum absolute atomic E-state index is 0.0873. The molecule has 16 heavy (non-hydrogen) atoms. The predicted octanol–water partition coefficient (Wildman–Crippen LogP) is 2.85. The van der Waals surface area contributed by atoms with Gasteiger partial charge in [-0.3, -0.25) is 0 Å². The zero-order valence-corrected chi connectivity index (χ0v) is 10.4. The average Bonchev–Trinajstić information content (AvgIpc) is 2.19. The van der Waals surface area contributed by atoms with E-state index < -0.39 is 0 Å². The zero-order chi connectivity index (χ0) is 11.5. The Morgan fingerprint density at radius 2 is 1.88 bits per heavy atom. The average molecular weight is 260 g/mol. The molecular weight excluding hydrogens is 245 g/mol. The van der Waals surface area contributed by atoms with Crippen LogP contribution >= 0.6 is 23.2 Å². The van der Waals surface area contributed by atoms with Crippen molar-refractivity contribution in [3.63, 3.8) is 0 Å². The third-order valence-corrected chi connectivity index (χ3v) is 3.72. The van der Waals surface area contributed by atoms with Crippen LogP contribution in [0, 0.1) is 5.92 Å². The number of rotatable bonds is 4.